The third kappa shape index (κ3) is 3.68. The van der Waals surface area contributed by atoms with Gasteiger partial charge >= 0.3 is 5.97 Å². The van der Waals surface area contributed by atoms with Gasteiger partial charge in [-0.15, -0.1) is 0 Å². The van der Waals surface area contributed by atoms with E-state index in [0.717, 1.165) is 6.42 Å². The molecule has 2 N–H and O–H groups in total. The van der Waals surface area contributed by atoms with Crippen LogP contribution in [0.3, 0.4) is 0 Å². The molecule has 166 valence electrons. The lowest BCUT2D eigenvalue weighted by Gasteiger charge is -2.14. The van der Waals surface area contributed by atoms with Gasteiger partial charge in [-0.3, -0.25) is 4.57 Å². The predicted molar refractivity (Wildman–Crippen MR) is 124 cm³/mol. The fourth-order valence-corrected chi connectivity index (χ4v) is 3.49. The highest BCUT2D eigenvalue weighted by atomic mass is 16.5. The van der Waals surface area contributed by atoms with Crippen LogP contribution >= 0.6 is 0 Å². The van der Waals surface area contributed by atoms with Crippen LogP contribution in [0.4, 0.5) is 5.82 Å². The first-order valence-electron chi connectivity index (χ1n) is 10.4. The Morgan fingerprint density at radius 3 is 2.47 bits per heavy atom. The van der Waals surface area contributed by atoms with Crippen molar-refractivity contribution in [3.63, 3.8) is 0 Å². The summed E-state index contributed by atoms with van der Waals surface area (Å²) in [6.45, 7) is 4.37. The van der Waals surface area contributed by atoms with E-state index in [1.54, 1.807) is 37.0 Å². The Hall–Kier alpha value is -3.81. The van der Waals surface area contributed by atoms with Crippen LogP contribution in [-0.4, -0.2) is 41.3 Å². The van der Waals surface area contributed by atoms with E-state index in [-0.39, 0.29) is 17.3 Å². The Bertz CT molecular complexity index is 1300. The van der Waals surface area contributed by atoms with Gasteiger partial charge in [-0.2, -0.15) is 0 Å². The van der Waals surface area contributed by atoms with Crippen molar-refractivity contribution >= 4 is 34.0 Å². The van der Waals surface area contributed by atoms with E-state index in [1.165, 1.54) is 0 Å². The Kier molecular flexibility index (Phi) is 5.85. The molecule has 0 saturated heterocycles. The number of ether oxygens (including phenoxy) is 3. The molecule has 0 aliphatic carbocycles. The minimum absolute atomic E-state index is 0.177. The zero-order chi connectivity index (χ0) is 22.8. The summed E-state index contributed by atoms with van der Waals surface area (Å²) < 4.78 is 18.2. The van der Waals surface area contributed by atoms with E-state index in [9.17, 15) is 4.79 Å². The summed E-state index contributed by atoms with van der Waals surface area (Å²) >= 11 is 0. The van der Waals surface area contributed by atoms with E-state index in [1.807, 2.05) is 38.1 Å². The smallest absolute Gasteiger partial charge is 0.344 e. The molecule has 0 saturated carbocycles. The number of fused-ring (bicyclic) bond motifs is 2. The van der Waals surface area contributed by atoms with E-state index >= 15 is 0 Å². The van der Waals surface area contributed by atoms with E-state index in [0.29, 0.717) is 46.0 Å². The van der Waals surface area contributed by atoms with Gasteiger partial charge in [0.1, 0.15) is 28.4 Å². The van der Waals surface area contributed by atoms with Crippen LogP contribution in [0.2, 0.25) is 0 Å². The molecule has 1 atom stereocenters. The van der Waals surface area contributed by atoms with Crippen LogP contribution in [0.5, 0.6) is 11.5 Å². The van der Waals surface area contributed by atoms with Crippen LogP contribution in [0.25, 0.3) is 27.9 Å². The largest absolute Gasteiger partial charge is 0.497 e. The van der Waals surface area contributed by atoms with Crippen molar-refractivity contribution in [1.29, 1.82) is 0 Å². The summed E-state index contributed by atoms with van der Waals surface area (Å²) in [6.07, 6.45) is 0.899. The van der Waals surface area contributed by atoms with Crippen molar-refractivity contribution in [3.8, 4) is 17.2 Å². The first-order chi connectivity index (χ1) is 15.5. The fourth-order valence-electron chi connectivity index (χ4n) is 3.49. The van der Waals surface area contributed by atoms with Crippen molar-refractivity contribution in [2.24, 2.45) is 5.92 Å². The maximum absolute atomic E-state index is 13.1. The zero-order valence-corrected chi connectivity index (χ0v) is 18.6. The minimum atomic E-state index is -0.530. The Morgan fingerprint density at radius 2 is 1.81 bits per heavy atom. The number of carbonyl (C=O) groups is 1. The van der Waals surface area contributed by atoms with Crippen molar-refractivity contribution in [2.45, 2.75) is 20.3 Å². The second kappa shape index (κ2) is 8.74. The van der Waals surface area contributed by atoms with Gasteiger partial charge in [-0.25, -0.2) is 14.8 Å². The molecule has 0 aliphatic heterocycles. The van der Waals surface area contributed by atoms with E-state index in [4.69, 9.17) is 29.9 Å². The van der Waals surface area contributed by atoms with Crippen LogP contribution in [0.1, 0.15) is 30.6 Å². The molecule has 4 aromatic rings. The molecule has 2 heterocycles. The highest BCUT2D eigenvalue weighted by Gasteiger charge is 2.27. The second-order valence-electron chi connectivity index (χ2n) is 7.63. The molecule has 2 aromatic carbocycles. The maximum Gasteiger partial charge on any atom is 0.344 e. The number of carbonyl (C=O) groups excluding carboxylic acids is 1. The van der Waals surface area contributed by atoms with Crippen LogP contribution in [0, 0.1) is 5.92 Å². The number of rotatable bonds is 7. The summed E-state index contributed by atoms with van der Waals surface area (Å²) in [5.41, 5.74) is 9.47. The molecular weight excluding hydrogens is 408 g/mol. The average molecular weight is 434 g/mol. The molecule has 0 radical (unpaired) electrons. The van der Waals surface area contributed by atoms with Gasteiger partial charge < -0.3 is 19.9 Å². The van der Waals surface area contributed by atoms with Crippen molar-refractivity contribution in [1.82, 2.24) is 14.5 Å². The highest BCUT2D eigenvalue weighted by Crippen LogP contribution is 2.36. The number of para-hydroxylation sites is 2. The second-order valence-corrected chi connectivity index (χ2v) is 7.63. The summed E-state index contributed by atoms with van der Waals surface area (Å²) in [7, 11) is 3.14. The van der Waals surface area contributed by atoms with Crippen molar-refractivity contribution < 1.29 is 19.0 Å². The molecule has 0 bridgehead atoms. The number of nitrogens with zero attached hydrogens (tertiary/aromatic N) is 3. The molecule has 0 spiro atoms. The normalized spacial score (nSPS) is 12.1. The molecule has 2 aromatic heterocycles. The van der Waals surface area contributed by atoms with Crippen molar-refractivity contribution in [2.75, 3.05) is 26.6 Å². The summed E-state index contributed by atoms with van der Waals surface area (Å²) in [6, 6.07) is 12.8. The van der Waals surface area contributed by atoms with Gasteiger partial charge in [-0.1, -0.05) is 32.4 Å². The van der Waals surface area contributed by atoms with Gasteiger partial charge in [0.25, 0.3) is 0 Å². The molecule has 4 rings (SSSR count). The maximum atomic E-state index is 13.1. The number of benzene rings is 2. The standard InChI is InChI=1S/C24H26N4O4/c1-5-14(2)13-32-24(29)20-21-23(27-17-9-7-6-8-16(17)26-21)28(22(20)25)18-12-15(30-3)10-11-19(18)31-4/h6-12,14H,5,13,25H2,1-4H3/t14-/m0/s1. The van der Waals surface area contributed by atoms with Crippen LogP contribution in [0.15, 0.2) is 42.5 Å². The lowest BCUT2D eigenvalue weighted by molar-refractivity contribution is 0.0450. The number of aromatic nitrogens is 3. The van der Waals surface area contributed by atoms with Crippen LogP contribution in [-0.2, 0) is 4.74 Å². The monoisotopic (exact) mass is 434 g/mol. The van der Waals surface area contributed by atoms with Gasteiger partial charge in [-0.05, 0) is 30.2 Å². The molecular formula is C24H26N4O4. The SMILES string of the molecule is CC[C@H](C)COC(=O)c1c(N)n(-c2cc(OC)ccc2OC)c2nc3ccccc3nc12. The first kappa shape index (κ1) is 21.4. The Labute approximate surface area is 185 Å². The number of nitrogens with two attached hydrogens (primary N) is 1. The highest BCUT2D eigenvalue weighted by molar-refractivity contribution is 6.09. The summed E-state index contributed by atoms with van der Waals surface area (Å²) in [5, 5.41) is 0. The lowest BCUT2D eigenvalue weighted by atomic mass is 10.1. The Morgan fingerprint density at radius 1 is 1.09 bits per heavy atom. The van der Waals surface area contributed by atoms with E-state index < -0.39 is 5.97 Å². The molecule has 32 heavy (non-hydrogen) atoms. The number of hydrogen-bond acceptors (Lipinski definition) is 7. The number of methoxy groups -OCH3 is 2. The third-order valence-corrected chi connectivity index (χ3v) is 5.52. The molecule has 0 fully saturated rings. The van der Waals surface area contributed by atoms with Gasteiger partial charge in [0.15, 0.2) is 5.65 Å². The number of esters is 1. The average Bonchev–Trinajstić information content (AvgIpc) is 3.10. The van der Waals surface area contributed by atoms with E-state index in [2.05, 4.69) is 0 Å². The number of anilines is 1. The Balaban J connectivity index is 2.00. The quantitative estimate of drug-likeness (QED) is 0.431. The van der Waals surface area contributed by atoms with Gasteiger partial charge in [0.2, 0.25) is 0 Å². The topological polar surface area (TPSA) is 101 Å². The number of hydrogen-bond donors (Lipinski definition) is 1. The van der Waals surface area contributed by atoms with Gasteiger partial charge in [0, 0.05) is 6.07 Å². The molecule has 0 unspecified atom stereocenters. The predicted octanol–water partition coefficient (Wildman–Crippen LogP) is 4.38. The first-order valence-corrected chi connectivity index (χ1v) is 10.4. The fraction of sp³-hybridized carbons (Fsp3) is 0.292. The molecule has 0 amide bonds. The molecule has 0 aliphatic rings. The molecule has 8 nitrogen and oxygen atoms in total. The molecule has 8 heteroatoms. The summed E-state index contributed by atoms with van der Waals surface area (Å²) in [4.78, 5) is 22.6. The zero-order valence-electron chi connectivity index (χ0n) is 18.6. The van der Waals surface area contributed by atoms with Gasteiger partial charge in [0.05, 0.1) is 37.5 Å². The summed E-state index contributed by atoms with van der Waals surface area (Å²) in [5.74, 6) is 1.04. The van der Waals surface area contributed by atoms with Crippen molar-refractivity contribution in [3.05, 3.63) is 48.0 Å². The third-order valence-electron chi connectivity index (χ3n) is 5.52. The van der Waals surface area contributed by atoms with Crippen LogP contribution < -0.4 is 15.2 Å². The number of nitrogen functional groups attached to an aromatic ring is 1. The lowest BCUT2D eigenvalue weighted by Crippen LogP contribution is -2.13. The minimum Gasteiger partial charge on any atom is -0.497 e.